The number of nitrogens with zero attached hydrogens (tertiary/aromatic N) is 2. The van der Waals surface area contributed by atoms with Crippen molar-refractivity contribution in [3.05, 3.63) is 54.3 Å². The summed E-state index contributed by atoms with van der Waals surface area (Å²) in [5.41, 5.74) is 1.71. The molecule has 2 heteroatoms. The molecule has 18 heavy (non-hydrogen) atoms. The van der Waals surface area contributed by atoms with E-state index >= 15 is 0 Å². The van der Waals surface area contributed by atoms with E-state index in [2.05, 4.69) is 19.1 Å². The lowest BCUT2D eigenvalue weighted by Gasteiger charge is -2.19. The highest BCUT2D eigenvalue weighted by Crippen LogP contribution is 2.18. The Morgan fingerprint density at radius 3 is 2.56 bits per heavy atom. The lowest BCUT2D eigenvalue weighted by Crippen LogP contribution is -2.16. The van der Waals surface area contributed by atoms with Gasteiger partial charge in [0.05, 0.1) is 0 Å². The average Bonchev–Trinajstić information content (AvgIpc) is 2.43. The van der Waals surface area contributed by atoms with E-state index in [0.717, 1.165) is 12.1 Å². The average molecular weight is 240 g/mol. The Morgan fingerprint density at radius 2 is 2.06 bits per heavy atom. The van der Waals surface area contributed by atoms with E-state index in [1.165, 1.54) is 0 Å². The number of hydrogen-bond acceptors (Lipinski definition) is 2. The van der Waals surface area contributed by atoms with Crippen LogP contribution in [-0.4, -0.2) is 7.05 Å². The first kappa shape index (κ1) is 14.1. The van der Waals surface area contributed by atoms with Crippen molar-refractivity contribution in [1.29, 1.82) is 5.26 Å². The monoisotopic (exact) mass is 240 g/mol. The predicted octanol–water partition coefficient (Wildman–Crippen LogP) is 4.13. The maximum atomic E-state index is 9.29. The van der Waals surface area contributed by atoms with Crippen LogP contribution in [0.3, 0.4) is 0 Å². The van der Waals surface area contributed by atoms with Crippen molar-refractivity contribution in [2.24, 2.45) is 5.92 Å². The highest BCUT2D eigenvalue weighted by Gasteiger charge is 2.08. The molecule has 1 aromatic carbocycles. The molecule has 1 unspecified atom stereocenters. The van der Waals surface area contributed by atoms with Crippen molar-refractivity contribution in [1.82, 2.24) is 0 Å². The zero-order chi connectivity index (χ0) is 13.4. The Morgan fingerprint density at radius 1 is 1.39 bits per heavy atom. The smallest absolute Gasteiger partial charge is 0.117 e. The lowest BCUT2D eigenvalue weighted by atomic mass is 10.0. The fourth-order valence-corrected chi connectivity index (χ4v) is 1.77. The molecule has 1 rings (SSSR count). The van der Waals surface area contributed by atoms with Crippen molar-refractivity contribution in [3.63, 3.8) is 0 Å². The molecule has 1 atom stereocenters. The molecule has 0 heterocycles. The van der Waals surface area contributed by atoms with Gasteiger partial charge in [-0.15, -0.1) is 0 Å². The van der Waals surface area contributed by atoms with Gasteiger partial charge in [-0.1, -0.05) is 37.3 Å². The highest BCUT2D eigenvalue weighted by molar-refractivity contribution is 5.54. The molecule has 0 aliphatic heterocycles. The van der Waals surface area contributed by atoms with Crippen molar-refractivity contribution >= 4 is 5.69 Å². The summed E-state index contributed by atoms with van der Waals surface area (Å²) < 4.78 is 0. The molecule has 0 spiro atoms. The first-order valence-corrected chi connectivity index (χ1v) is 6.26. The third-order valence-electron chi connectivity index (χ3n) is 2.90. The molecule has 0 aromatic heterocycles. The van der Waals surface area contributed by atoms with E-state index in [-0.39, 0.29) is 0 Å². The number of allylic oxidation sites excluding steroid dienone is 4. The van der Waals surface area contributed by atoms with Gasteiger partial charge < -0.3 is 4.90 Å². The van der Waals surface area contributed by atoms with Crippen LogP contribution in [0.4, 0.5) is 5.69 Å². The Kier molecular flexibility index (Phi) is 5.73. The Balaban J connectivity index is 2.97. The standard InChI is InChI=1S/C16H20N2/c1-4-9-14(5-2)12-16(13-17)18(3)15-10-7-6-8-11-15/h4,6-12,14H,5H2,1-3H3/b9-4+,16-12+. The second-order valence-corrected chi connectivity index (χ2v) is 4.16. The third-order valence-corrected chi connectivity index (χ3v) is 2.90. The summed E-state index contributed by atoms with van der Waals surface area (Å²) >= 11 is 0. The molecule has 0 radical (unpaired) electrons. The first-order valence-electron chi connectivity index (χ1n) is 6.26. The van der Waals surface area contributed by atoms with E-state index in [9.17, 15) is 5.26 Å². The van der Waals surface area contributed by atoms with Crippen molar-refractivity contribution in [3.8, 4) is 6.07 Å². The minimum Gasteiger partial charge on any atom is -0.336 e. The molecule has 0 aliphatic rings. The fourth-order valence-electron chi connectivity index (χ4n) is 1.77. The normalized spacial score (nSPS) is 13.3. The highest BCUT2D eigenvalue weighted by atomic mass is 15.1. The van der Waals surface area contributed by atoms with Gasteiger partial charge in [-0.3, -0.25) is 0 Å². The fraction of sp³-hybridized carbons (Fsp3) is 0.312. The van der Waals surface area contributed by atoms with Gasteiger partial charge in [0, 0.05) is 12.7 Å². The van der Waals surface area contributed by atoms with E-state index in [4.69, 9.17) is 0 Å². The molecular weight excluding hydrogens is 220 g/mol. The van der Waals surface area contributed by atoms with Crippen molar-refractivity contribution in [2.75, 3.05) is 11.9 Å². The first-order chi connectivity index (χ1) is 8.72. The Bertz CT molecular complexity index is 452. The van der Waals surface area contributed by atoms with Crippen LogP contribution in [0.15, 0.2) is 54.3 Å². The zero-order valence-electron chi connectivity index (χ0n) is 11.3. The Labute approximate surface area is 110 Å². The molecule has 0 N–H and O–H groups in total. The van der Waals surface area contributed by atoms with Crippen LogP contribution in [0, 0.1) is 17.2 Å². The molecule has 0 saturated carbocycles. The number of rotatable bonds is 5. The maximum absolute atomic E-state index is 9.29. The second-order valence-electron chi connectivity index (χ2n) is 4.16. The number of nitriles is 1. The van der Waals surface area contributed by atoms with Crippen molar-refractivity contribution < 1.29 is 0 Å². The minimum absolute atomic E-state index is 0.316. The van der Waals surface area contributed by atoms with Gasteiger partial charge in [0.1, 0.15) is 11.8 Å². The zero-order valence-corrected chi connectivity index (χ0v) is 11.3. The van der Waals surface area contributed by atoms with E-state index in [1.807, 2.05) is 61.4 Å². The van der Waals surface area contributed by atoms with Gasteiger partial charge in [-0.05, 0) is 37.5 Å². The largest absolute Gasteiger partial charge is 0.336 e. The Hall–Kier alpha value is -2.01. The summed E-state index contributed by atoms with van der Waals surface area (Å²) in [7, 11) is 1.92. The van der Waals surface area contributed by atoms with Gasteiger partial charge in [-0.25, -0.2) is 0 Å². The molecule has 0 bridgehead atoms. The predicted molar refractivity (Wildman–Crippen MR) is 77.1 cm³/mol. The van der Waals surface area contributed by atoms with Crippen LogP contribution in [0.1, 0.15) is 20.3 Å². The molecular formula is C16H20N2. The number of para-hydroxylation sites is 1. The van der Waals surface area contributed by atoms with Gasteiger partial charge in [0.2, 0.25) is 0 Å². The summed E-state index contributed by atoms with van der Waals surface area (Å²) in [5.74, 6) is 0.316. The number of hydrogen-bond donors (Lipinski definition) is 0. The molecule has 0 aliphatic carbocycles. The molecule has 0 fully saturated rings. The SMILES string of the molecule is C/C=C/C(/C=C(\C#N)N(C)c1ccccc1)CC. The maximum Gasteiger partial charge on any atom is 0.117 e. The van der Waals surface area contributed by atoms with Crippen LogP contribution < -0.4 is 4.90 Å². The van der Waals surface area contributed by atoms with E-state index < -0.39 is 0 Å². The summed E-state index contributed by atoms with van der Waals surface area (Å²) in [4.78, 5) is 1.92. The molecule has 1 aromatic rings. The topological polar surface area (TPSA) is 27.0 Å². The van der Waals surface area contributed by atoms with Gasteiger partial charge >= 0.3 is 0 Å². The molecule has 2 nitrogen and oxygen atoms in total. The second kappa shape index (κ2) is 7.34. The van der Waals surface area contributed by atoms with Crippen LogP contribution >= 0.6 is 0 Å². The number of benzene rings is 1. The summed E-state index contributed by atoms with van der Waals surface area (Å²) in [6, 6.07) is 12.2. The molecule has 0 amide bonds. The van der Waals surface area contributed by atoms with Gasteiger partial charge in [0.25, 0.3) is 0 Å². The lowest BCUT2D eigenvalue weighted by molar-refractivity contribution is 0.765. The number of anilines is 1. The molecule has 94 valence electrons. The van der Waals surface area contributed by atoms with Crippen molar-refractivity contribution in [2.45, 2.75) is 20.3 Å². The van der Waals surface area contributed by atoms with Crippen LogP contribution in [0.25, 0.3) is 0 Å². The van der Waals surface area contributed by atoms with Gasteiger partial charge in [-0.2, -0.15) is 5.26 Å². The van der Waals surface area contributed by atoms with Crippen LogP contribution in [0.5, 0.6) is 0 Å². The summed E-state index contributed by atoms with van der Waals surface area (Å²) in [6.45, 7) is 4.13. The minimum atomic E-state index is 0.316. The van der Waals surface area contributed by atoms with E-state index in [1.54, 1.807) is 0 Å². The van der Waals surface area contributed by atoms with E-state index in [0.29, 0.717) is 11.6 Å². The summed E-state index contributed by atoms with van der Waals surface area (Å²) in [6.07, 6.45) is 7.17. The van der Waals surface area contributed by atoms with Gasteiger partial charge in [0.15, 0.2) is 0 Å². The van der Waals surface area contributed by atoms with Crippen LogP contribution in [-0.2, 0) is 0 Å². The molecule has 0 saturated heterocycles. The quantitative estimate of drug-likeness (QED) is 0.571. The third kappa shape index (κ3) is 3.78. The van der Waals surface area contributed by atoms with Crippen LogP contribution in [0.2, 0.25) is 0 Å². The summed E-state index contributed by atoms with van der Waals surface area (Å²) in [5, 5.41) is 9.29.